The van der Waals surface area contributed by atoms with Gasteiger partial charge in [-0.1, -0.05) is 6.08 Å². The molecule has 0 spiro atoms. The van der Waals surface area contributed by atoms with Crippen molar-refractivity contribution in [3.05, 3.63) is 39.7 Å². The fourth-order valence-electron chi connectivity index (χ4n) is 1.66. The first kappa shape index (κ1) is 16.3. The van der Waals surface area contributed by atoms with Crippen LogP contribution in [0.15, 0.2) is 33.3 Å². The average Bonchev–Trinajstić information content (AvgIpc) is 2.40. The van der Waals surface area contributed by atoms with Crippen LogP contribution >= 0.6 is 0 Å². The summed E-state index contributed by atoms with van der Waals surface area (Å²) in [5.41, 5.74) is -1.52. The largest absolute Gasteiger partial charge is 0.395 e. The van der Waals surface area contributed by atoms with Crippen LogP contribution in [0, 0.1) is 0 Å². The maximum Gasteiger partial charge on any atom is 0.330 e. The number of nitrogens with zero attached hydrogens (tertiary/aromatic N) is 3. The molecule has 1 aromatic rings. The summed E-state index contributed by atoms with van der Waals surface area (Å²) in [6.07, 6.45) is 2.33. The molecule has 0 atom stereocenters. The number of aryl methyl sites for hydroxylation is 1. The molecule has 0 amide bonds. The Hall–Kier alpha value is -1.71. The van der Waals surface area contributed by atoms with Gasteiger partial charge in [0, 0.05) is 33.4 Å². The second-order valence-electron chi connectivity index (χ2n) is 4.13. The van der Waals surface area contributed by atoms with E-state index < -0.39 is 26.2 Å². The van der Waals surface area contributed by atoms with E-state index in [0.717, 1.165) is 19.6 Å². The van der Waals surface area contributed by atoms with Gasteiger partial charge in [-0.2, -0.15) is 4.31 Å². The van der Waals surface area contributed by atoms with Crippen molar-refractivity contribution >= 4 is 10.0 Å². The maximum absolute atomic E-state index is 12.4. The maximum atomic E-state index is 12.4. The zero-order chi connectivity index (χ0) is 15.5. The monoisotopic (exact) mass is 303 g/mol. The third-order valence-corrected chi connectivity index (χ3v) is 4.56. The molecule has 8 nitrogen and oxygen atoms in total. The molecule has 1 aromatic heterocycles. The van der Waals surface area contributed by atoms with E-state index in [0.29, 0.717) is 0 Å². The van der Waals surface area contributed by atoms with Gasteiger partial charge in [-0.15, -0.1) is 6.58 Å². The van der Waals surface area contributed by atoms with Gasteiger partial charge in [-0.25, -0.2) is 13.2 Å². The first-order valence-corrected chi connectivity index (χ1v) is 7.20. The lowest BCUT2D eigenvalue weighted by atomic mass is 10.6. The van der Waals surface area contributed by atoms with Crippen molar-refractivity contribution < 1.29 is 13.5 Å². The van der Waals surface area contributed by atoms with Crippen molar-refractivity contribution in [2.75, 3.05) is 19.7 Å². The first-order chi connectivity index (χ1) is 9.27. The Kier molecular flexibility index (Phi) is 5.03. The van der Waals surface area contributed by atoms with E-state index in [1.807, 2.05) is 0 Å². The molecule has 0 aliphatic heterocycles. The van der Waals surface area contributed by atoms with Gasteiger partial charge in [0.15, 0.2) is 4.90 Å². The van der Waals surface area contributed by atoms with E-state index in [1.165, 1.54) is 20.2 Å². The van der Waals surface area contributed by atoms with Crippen LogP contribution in [0.1, 0.15) is 0 Å². The smallest absolute Gasteiger partial charge is 0.330 e. The zero-order valence-electron chi connectivity index (χ0n) is 11.3. The lowest BCUT2D eigenvalue weighted by Crippen LogP contribution is -2.43. The number of aliphatic hydroxyl groups is 1. The summed E-state index contributed by atoms with van der Waals surface area (Å²) in [6.45, 7) is 2.83. The van der Waals surface area contributed by atoms with Crippen LogP contribution in [0.2, 0.25) is 0 Å². The van der Waals surface area contributed by atoms with Crippen LogP contribution in [-0.2, 0) is 24.1 Å². The number of aromatic nitrogens is 2. The van der Waals surface area contributed by atoms with Crippen LogP contribution in [0.5, 0.6) is 0 Å². The molecule has 0 aliphatic carbocycles. The molecular formula is C11H17N3O5S. The Balaban J connectivity index is 3.53. The summed E-state index contributed by atoms with van der Waals surface area (Å²) in [5, 5.41) is 8.92. The van der Waals surface area contributed by atoms with Crippen molar-refractivity contribution in [1.29, 1.82) is 0 Å². The van der Waals surface area contributed by atoms with E-state index in [1.54, 1.807) is 0 Å². The SMILES string of the molecule is C=CCN(CCO)S(=O)(=O)c1cn(C)c(=O)n(C)c1=O. The molecule has 1 rings (SSSR count). The van der Waals surface area contributed by atoms with Crippen LogP contribution in [0.4, 0.5) is 0 Å². The highest BCUT2D eigenvalue weighted by Crippen LogP contribution is 2.10. The van der Waals surface area contributed by atoms with E-state index in [-0.39, 0.29) is 19.7 Å². The molecule has 0 aromatic carbocycles. The van der Waals surface area contributed by atoms with Gasteiger partial charge < -0.3 is 9.67 Å². The molecule has 0 aliphatic rings. The number of hydrogen-bond donors (Lipinski definition) is 1. The van der Waals surface area contributed by atoms with Crippen molar-refractivity contribution in [2.24, 2.45) is 14.1 Å². The third-order valence-electron chi connectivity index (χ3n) is 2.71. The first-order valence-electron chi connectivity index (χ1n) is 5.76. The minimum Gasteiger partial charge on any atom is -0.395 e. The number of sulfonamides is 1. The summed E-state index contributed by atoms with van der Waals surface area (Å²) in [7, 11) is -1.55. The Bertz CT molecular complexity index is 717. The lowest BCUT2D eigenvalue weighted by molar-refractivity contribution is 0.260. The second-order valence-corrected chi connectivity index (χ2v) is 6.03. The van der Waals surface area contributed by atoms with Gasteiger partial charge in [-0.3, -0.25) is 9.36 Å². The van der Waals surface area contributed by atoms with Crippen molar-refractivity contribution in [2.45, 2.75) is 4.90 Å². The lowest BCUT2D eigenvalue weighted by Gasteiger charge is -2.19. The highest BCUT2D eigenvalue weighted by atomic mass is 32.2. The highest BCUT2D eigenvalue weighted by Gasteiger charge is 2.27. The zero-order valence-corrected chi connectivity index (χ0v) is 12.1. The predicted octanol–water partition coefficient (Wildman–Crippen LogP) is -1.75. The number of aliphatic hydroxyl groups excluding tert-OH is 1. The number of hydrogen-bond acceptors (Lipinski definition) is 5. The topological polar surface area (TPSA) is 102 Å². The van der Waals surface area contributed by atoms with Gasteiger partial charge >= 0.3 is 5.69 Å². The number of rotatable bonds is 6. The summed E-state index contributed by atoms with van der Waals surface area (Å²) < 4.78 is 27.4. The predicted molar refractivity (Wildman–Crippen MR) is 73.0 cm³/mol. The summed E-state index contributed by atoms with van der Waals surface area (Å²) in [5.74, 6) is 0. The quantitative estimate of drug-likeness (QED) is 0.628. The molecule has 20 heavy (non-hydrogen) atoms. The van der Waals surface area contributed by atoms with Gasteiger partial charge in [-0.05, 0) is 0 Å². The molecule has 0 fully saturated rings. The Morgan fingerprint density at radius 3 is 2.50 bits per heavy atom. The van der Waals surface area contributed by atoms with E-state index in [9.17, 15) is 18.0 Å². The third kappa shape index (κ3) is 2.89. The molecule has 0 saturated heterocycles. The molecule has 1 heterocycles. The average molecular weight is 303 g/mol. The fourth-order valence-corrected chi connectivity index (χ4v) is 3.21. The standard InChI is InChI=1S/C11H17N3O5S/c1-4-5-14(6-7-15)20(18,19)9-8-12(2)11(17)13(3)10(9)16/h4,8,15H,1,5-7H2,2-3H3. The highest BCUT2D eigenvalue weighted by molar-refractivity contribution is 7.89. The van der Waals surface area contributed by atoms with Crippen molar-refractivity contribution in [3.8, 4) is 0 Å². The minimum absolute atomic E-state index is 0.0467. The molecule has 112 valence electrons. The summed E-state index contributed by atoms with van der Waals surface area (Å²) >= 11 is 0. The van der Waals surface area contributed by atoms with Gasteiger partial charge in [0.25, 0.3) is 5.56 Å². The normalized spacial score (nSPS) is 11.8. The van der Waals surface area contributed by atoms with Gasteiger partial charge in [0.05, 0.1) is 6.61 Å². The van der Waals surface area contributed by atoms with Gasteiger partial charge in [0.2, 0.25) is 10.0 Å². The molecule has 0 saturated carbocycles. The molecule has 9 heteroatoms. The Labute approximate surface area is 116 Å². The molecular weight excluding hydrogens is 286 g/mol. The van der Waals surface area contributed by atoms with Crippen LogP contribution in [-0.4, -0.2) is 46.7 Å². The second kappa shape index (κ2) is 6.16. The van der Waals surface area contributed by atoms with Crippen LogP contribution in [0.3, 0.4) is 0 Å². The minimum atomic E-state index is -4.11. The van der Waals surface area contributed by atoms with Gasteiger partial charge in [0.1, 0.15) is 0 Å². The molecule has 0 bridgehead atoms. The van der Waals surface area contributed by atoms with Crippen LogP contribution < -0.4 is 11.2 Å². The molecule has 0 radical (unpaired) electrons. The molecule has 1 N–H and O–H groups in total. The van der Waals surface area contributed by atoms with E-state index in [2.05, 4.69) is 6.58 Å². The Morgan fingerprint density at radius 2 is 2.00 bits per heavy atom. The van der Waals surface area contributed by atoms with Crippen molar-refractivity contribution in [1.82, 2.24) is 13.4 Å². The van der Waals surface area contributed by atoms with Crippen LogP contribution in [0.25, 0.3) is 0 Å². The summed E-state index contributed by atoms with van der Waals surface area (Å²) in [6, 6.07) is 0. The van der Waals surface area contributed by atoms with Crippen molar-refractivity contribution in [3.63, 3.8) is 0 Å². The fraction of sp³-hybridized carbons (Fsp3) is 0.455. The summed E-state index contributed by atoms with van der Waals surface area (Å²) in [4.78, 5) is 23.0. The van der Waals surface area contributed by atoms with E-state index in [4.69, 9.17) is 5.11 Å². The van der Waals surface area contributed by atoms with E-state index >= 15 is 0 Å². The molecule has 0 unspecified atom stereocenters. The Morgan fingerprint density at radius 1 is 1.40 bits per heavy atom.